The molecule has 140 valence electrons. The number of nitrogens with zero attached hydrogens (tertiary/aromatic N) is 2. The van der Waals surface area contributed by atoms with E-state index in [1.807, 2.05) is 22.4 Å². The Hall–Kier alpha value is -0.370. The highest BCUT2D eigenvalue weighted by atomic mass is 35.5. The lowest BCUT2D eigenvalue weighted by Crippen LogP contribution is -2.40. The summed E-state index contributed by atoms with van der Waals surface area (Å²) in [6, 6.07) is 3.81. The first kappa shape index (κ1) is 22.7. The molecule has 25 heavy (non-hydrogen) atoms. The van der Waals surface area contributed by atoms with Crippen LogP contribution in [0.5, 0.6) is 0 Å². The van der Waals surface area contributed by atoms with Gasteiger partial charge in [-0.05, 0) is 44.0 Å². The maximum atomic E-state index is 12.6. The van der Waals surface area contributed by atoms with Gasteiger partial charge >= 0.3 is 0 Å². The Balaban J connectivity index is 0.00000156. The highest BCUT2D eigenvalue weighted by molar-refractivity contribution is 7.23. The molecule has 3 heterocycles. The number of hydrogen-bond acceptors (Lipinski definition) is 5. The van der Waals surface area contributed by atoms with Crippen LogP contribution in [0.15, 0.2) is 17.5 Å². The van der Waals surface area contributed by atoms with Crippen LogP contribution in [0.2, 0.25) is 4.34 Å². The second kappa shape index (κ2) is 10.7. The van der Waals surface area contributed by atoms with E-state index in [9.17, 15) is 4.79 Å². The van der Waals surface area contributed by atoms with Gasteiger partial charge in [0, 0.05) is 18.5 Å². The zero-order valence-corrected chi connectivity index (χ0v) is 17.9. The maximum Gasteiger partial charge on any atom is 0.273 e. The quantitative estimate of drug-likeness (QED) is 0.721. The van der Waals surface area contributed by atoms with Crippen molar-refractivity contribution in [2.75, 3.05) is 26.2 Å². The third-order valence-corrected chi connectivity index (χ3v) is 6.33. The fourth-order valence-electron chi connectivity index (χ4n) is 2.77. The zero-order valence-electron chi connectivity index (χ0n) is 13.9. The molecule has 0 radical (unpaired) electrons. The number of halogens is 3. The molecule has 1 saturated heterocycles. The van der Waals surface area contributed by atoms with E-state index in [0.717, 1.165) is 53.2 Å². The van der Waals surface area contributed by atoms with Crippen molar-refractivity contribution in [3.05, 3.63) is 27.5 Å². The van der Waals surface area contributed by atoms with Crippen LogP contribution in [-0.2, 0) is 0 Å². The monoisotopic (exact) mass is 441 g/mol. The Kier molecular flexibility index (Phi) is 9.70. The molecule has 1 amide bonds. The number of likely N-dealkylation sites (tertiary alicyclic amines) is 1. The standard InChI is InChI=1S/C16H20ClN3OS2.2ClH/c1-2-18-9-11-5-7-20(8-6-11)16(21)12-10-22-15(19-12)13-3-4-14(17)23-13;;/h3-4,10-11,18H,2,5-9H2,1H3;2*1H. The molecule has 2 aromatic heterocycles. The molecule has 1 aliphatic rings. The molecule has 1 N–H and O–H groups in total. The average molecular weight is 443 g/mol. The predicted molar refractivity (Wildman–Crippen MR) is 112 cm³/mol. The molecule has 0 spiro atoms. The molecule has 4 nitrogen and oxygen atoms in total. The number of rotatable bonds is 5. The lowest BCUT2D eigenvalue weighted by Gasteiger charge is -2.31. The molecule has 9 heteroatoms. The smallest absolute Gasteiger partial charge is 0.273 e. The number of thiazole rings is 1. The number of carbonyl (C=O) groups is 1. The molecular formula is C16H22Cl3N3OS2. The molecule has 1 fully saturated rings. The van der Waals surface area contributed by atoms with E-state index < -0.39 is 0 Å². The lowest BCUT2D eigenvalue weighted by molar-refractivity contribution is 0.0685. The first-order valence-corrected chi connectivity index (χ1v) is 9.96. The Morgan fingerprint density at radius 1 is 1.36 bits per heavy atom. The van der Waals surface area contributed by atoms with E-state index in [0.29, 0.717) is 11.6 Å². The van der Waals surface area contributed by atoms with Crippen LogP contribution in [0, 0.1) is 5.92 Å². The summed E-state index contributed by atoms with van der Waals surface area (Å²) in [7, 11) is 0. The van der Waals surface area contributed by atoms with E-state index in [4.69, 9.17) is 11.6 Å². The van der Waals surface area contributed by atoms with Crippen LogP contribution in [0.3, 0.4) is 0 Å². The van der Waals surface area contributed by atoms with Crippen molar-refractivity contribution in [2.24, 2.45) is 5.92 Å². The minimum Gasteiger partial charge on any atom is -0.337 e. The Labute approximate surface area is 173 Å². The minimum atomic E-state index is 0. The summed E-state index contributed by atoms with van der Waals surface area (Å²) in [4.78, 5) is 20.1. The van der Waals surface area contributed by atoms with Crippen LogP contribution >= 0.6 is 59.1 Å². The third kappa shape index (κ3) is 5.81. The topological polar surface area (TPSA) is 45.2 Å². The molecule has 0 saturated carbocycles. The van der Waals surface area contributed by atoms with Gasteiger partial charge in [0.25, 0.3) is 5.91 Å². The highest BCUT2D eigenvalue weighted by Gasteiger charge is 2.25. The van der Waals surface area contributed by atoms with Gasteiger partial charge in [-0.25, -0.2) is 4.98 Å². The van der Waals surface area contributed by atoms with Crippen molar-refractivity contribution in [1.82, 2.24) is 15.2 Å². The zero-order chi connectivity index (χ0) is 16.2. The fourth-order valence-corrected chi connectivity index (χ4v) is 4.67. The van der Waals surface area contributed by atoms with Crippen LogP contribution < -0.4 is 5.32 Å². The summed E-state index contributed by atoms with van der Waals surface area (Å²) >= 11 is 8.96. The van der Waals surface area contributed by atoms with E-state index in [-0.39, 0.29) is 30.7 Å². The molecule has 0 atom stereocenters. The summed E-state index contributed by atoms with van der Waals surface area (Å²) in [5.74, 6) is 0.732. The summed E-state index contributed by atoms with van der Waals surface area (Å²) in [5.41, 5.74) is 0.555. The first-order chi connectivity index (χ1) is 11.2. The number of thiophene rings is 1. The predicted octanol–water partition coefficient (Wildman–Crippen LogP) is 4.83. The molecular weight excluding hydrogens is 421 g/mol. The van der Waals surface area contributed by atoms with E-state index >= 15 is 0 Å². The van der Waals surface area contributed by atoms with Gasteiger partial charge in [-0.3, -0.25) is 4.79 Å². The van der Waals surface area contributed by atoms with Gasteiger partial charge in [0.1, 0.15) is 10.7 Å². The molecule has 0 aliphatic carbocycles. The van der Waals surface area contributed by atoms with Crippen molar-refractivity contribution < 1.29 is 4.79 Å². The SMILES string of the molecule is CCNCC1CCN(C(=O)c2csc(-c3ccc(Cl)s3)n2)CC1.Cl.Cl. The summed E-state index contributed by atoms with van der Waals surface area (Å²) in [6.45, 7) is 5.84. The van der Waals surface area contributed by atoms with Gasteiger partial charge in [0.05, 0.1) is 9.21 Å². The van der Waals surface area contributed by atoms with Crippen LogP contribution in [0.4, 0.5) is 0 Å². The third-order valence-electron chi connectivity index (χ3n) is 4.09. The van der Waals surface area contributed by atoms with Gasteiger partial charge in [-0.15, -0.1) is 47.5 Å². The fraction of sp³-hybridized carbons (Fsp3) is 0.500. The summed E-state index contributed by atoms with van der Waals surface area (Å²) in [5, 5.41) is 6.12. The number of nitrogens with one attached hydrogen (secondary N) is 1. The average Bonchev–Trinajstić information content (AvgIpc) is 3.21. The van der Waals surface area contributed by atoms with Gasteiger partial charge in [0.2, 0.25) is 0 Å². The Bertz CT molecular complexity index is 669. The Morgan fingerprint density at radius 2 is 2.08 bits per heavy atom. The number of carbonyl (C=O) groups excluding carboxylic acids is 1. The van der Waals surface area contributed by atoms with E-state index in [1.165, 1.54) is 22.7 Å². The first-order valence-electron chi connectivity index (χ1n) is 7.88. The minimum absolute atomic E-state index is 0. The number of aromatic nitrogens is 1. The van der Waals surface area contributed by atoms with Gasteiger partial charge in [-0.2, -0.15) is 0 Å². The lowest BCUT2D eigenvalue weighted by atomic mass is 9.96. The van der Waals surface area contributed by atoms with Crippen molar-refractivity contribution in [3.63, 3.8) is 0 Å². The normalized spacial score (nSPS) is 14.7. The van der Waals surface area contributed by atoms with E-state index in [1.54, 1.807) is 0 Å². The maximum absolute atomic E-state index is 12.6. The van der Waals surface area contributed by atoms with Crippen molar-refractivity contribution >= 4 is 65.0 Å². The summed E-state index contributed by atoms with van der Waals surface area (Å²) < 4.78 is 0.742. The Morgan fingerprint density at radius 3 is 2.68 bits per heavy atom. The molecule has 2 aromatic rings. The van der Waals surface area contributed by atoms with Crippen molar-refractivity contribution in [2.45, 2.75) is 19.8 Å². The second-order valence-electron chi connectivity index (χ2n) is 5.68. The van der Waals surface area contributed by atoms with Gasteiger partial charge < -0.3 is 10.2 Å². The van der Waals surface area contributed by atoms with Crippen LogP contribution in [0.25, 0.3) is 9.88 Å². The summed E-state index contributed by atoms with van der Waals surface area (Å²) in [6.07, 6.45) is 2.13. The van der Waals surface area contributed by atoms with Gasteiger partial charge in [-0.1, -0.05) is 18.5 Å². The van der Waals surface area contributed by atoms with Crippen molar-refractivity contribution in [3.8, 4) is 9.88 Å². The molecule has 3 rings (SSSR count). The largest absolute Gasteiger partial charge is 0.337 e. The molecule has 1 aliphatic heterocycles. The van der Waals surface area contributed by atoms with E-state index in [2.05, 4.69) is 17.2 Å². The highest BCUT2D eigenvalue weighted by Crippen LogP contribution is 2.33. The number of hydrogen-bond donors (Lipinski definition) is 1. The molecule has 0 bridgehead atoms. The van der Waals surface area contributed by atoms with Crippen LogP contribution in [0.1, 0.15) is 30.3 Å². The van der Waals surface area contributed by atoms with Crippen molar-refractivity contribution in [1.29, 1.82) is 0 Å². The number of piperidine rings is 1. The number of amides is 1. The van der Waals surface area contributed by atoms with Gasteiger partial charge in [0.15, 0.2) is 0 Å². The molecule has 0 aromatic carbocycles. The van der Waals surface area contributed by atoms with Crippen LogP contribution in [-0.4, -0.2) is 42.0 Å². The second-order valence-corrected chi connectivity index (χ2v) is 8.26. The molecule has 0 unspecified atom stereocenters.